The van der Waals surface area contributed by atoms with Gasteiger partial charge in [-0.3, -0.25) is 0 Å². The van der Waals surface area contributed by atoms with Crippen LogP contribution in [0.2, 0.25) is 0 Å². The second-order valence-electron chi connectivity index (χ2n) is 3.94. The zero-order chi connectivity index (χ0) is 9.52. The highest BCUT2D eigenvalue weighted by molar-refractivity contribution is 5.32. The monoisotopic (exact) mass is 178 g/mol. The van der Waals surface area contributed by atoms with E-state index in [9.17, 15) is 0 Å². The number of hydrogen-bond donors (Lipinski definition) is 0. The molecule has 0 atom stereocenters. The van der Waals surface area contributed by atoms with Crippen LogP contribution in [0.5, 0.6) is 0 Å². The maximum atomic E-state index is 2.31. The summed E-state index contributed by atoms with van der Waals surface area (Å²) < 4.78 is 0. The van der Waals surface area contributed by atoms with Gasteiger partial charge in [0.2, 0.25) is 0 Å². The molecule has 0 heteroatoms. The minimum absolute atomic E-state index is 1.32. The van der Waals surface area contributed by atoms with E-state index in [0.717, 1.165) is 0 Å². The fraction of sp³-hybridized carbons (Fsp3) is 0.692. The van der Waals surface area contributed by atoms with Crippen LogP contribution in [0.25, 0.3) is 0 Å². The molecule has 0 aromatic rings. The molecule has 13 heavy (non-hydrogen) atoms. The van der Waals surface area contributed by atoms with Crippen molar-refractivity contribution in [3.05, 3.63) is 23.3 Å². The van der Waals surface area contributed by atoms with Crippen molar-refractivity contribution in [3.63, 3.8) is 0 Å². The smallest absolute Gasteiger partial charge is 0.0277 e. The molecule has 0 N–H and O–H groups in total. The molecule has 0 heterocycles. The van der Waals surface area contributed by atoms with Gasteiger partial charge in [-0.25, -0.2) is 0 Å². The first kappa shape index (κ1) is 10.6. The Morgan fingerprint density at radius 3 is 2.54 bits per heavy atom. The first-order valence-corrected chi connectivity index (χ1v) is 5.72. The van der Waals surface area contributed by atoms with Crippen LogP contribution in [0.3, 0.4) is 0 Å². The van der Waals surface area contributed by atoms with E-state index in [4.69, 9.17) is 0 Å². The summed E-state index contributed by atoms with van der Waals surface area (Å²) in [5.74, 6) is 0. The minimum atomic E-state index is 1.32. The third-order valence-electron chi connectivity index (χ3n) is 2.62. The Balaban J connectivity index is 2.21. The lowest BCUT2D eigenvalue weighted by Crippen LogP contribution is -1.81. The summed E-state index contributed by atoms with van der Waals surface area (Å²) in [6.07, 6.45) is 14.1. The Hall–Kier alpha value is -0.520. The van der Waals surface area contributed by atoms with Gasteiger partial charge in [0.15, 0.2) is 0 Å². The molecular formula is C13H22. The molecular weight excluding hydrogens is 156 g/mol. The number of hydrogen-bond acceptors (Lipinski definition) is 0. The van der Waals surface area contributed by atoms with E-state index in [1.165, 1.54) is 44.9 Å². The highest BCUT2D eigenvalue weighted by atomic mass is 14.2. The molecule has 1 fully saturated rings. The van der Waals surface area contributed by atoms with Crippen molar-refractivity contribution in [2.75, 3.05) is 0 Å². The Bertz CT molecular complexity index is 190. The lowest BCUT2D eigenvalue weighted by atomic mass is 10.1. The van der Waals surface area contributed by atoms with Crippen molar-refractivity contribution in [1.82, 2.24) is 0 Å². The van der Waals surface area contributed by atoms with Gasteiger partial charge in [0, 0.05) is 0 Å². The van der Waals surface area contributed by atoms with Crippen molar-refractivity contribution in [2.24, 2.45) is 0 Å². The summed E-state index contributed by atoms with van der Waals surface area (Å²) in [7, 11) is 0. The Labute approximate surface area is 82.7 Å². The molecule has 1 rings (SSSR count). The lowest BCUT2D eigenvalue weighted by Gasteiger charge is -2.01. The van der Waals surface area contributed by atoms with Crippen LogP contribution < -0.4 is 0 Å². The van der Waals surface area contributed by atoms with Gasteiger partial charge in [-0.1, -0.05) is 43.9 Å². The fourth-order valence-electron chi connectivity index (χ4n) is 1.70. The summed E-state index contributed by atoms with van der Waals surface area (Å²) in [4.78, 5) is 0. The van der Waals surface area contributed by atoms with Gasteiger partial charge < -0.3 is 0 Å². The van der Waals surface area contributed by atoms with Crippen LogP contribution >= 0.6 is 0 Å². The van der Waals surface area contributed by atoms with Gasteiger partial charge in [0.05, 0.1) is 0 Å². The van der Waals surface area contributed by atoms with Gasteiger partial charge >= 0.3 is 0 Å². The van der Waals surface area contributed by atoms with Crippen molar-refractivity contribution in [1.29, 1.82) is 0 Å². The molecule has 1 saturated carbocycles. The third-order valence-corrected chi connectivity index (χ3v) is 2.62. The first-order valence-electron chi connectivity index (χ1n) is 5.72. The third kappa shape index (κ3) is 4.31. The van der Waals surface area contributed by atoms with Gasteiger partial charge in [0.25, 0.3) is 0 Å². The van der Waals surface area contributed by atoms with E-state index in [1.807, 2.05) is 0 Å². The highest BCUT2D eigenvalue weighted by Crippen LogP contribution is 2.34. The summed E-state index contributed by atoms with van der Waals surface area (Å²) in [6, 6.07) is 0. The quantitative estimate of drug-likeness (QED) is 0.520. The molecule has 74 valence electrons. The molecule has 0 bridgehead atoms. The van der Waals surface area contributed by atoms with Crippen LogP contribution in [-0.4, -0.2) is 0 Å². The van der Waals surface area contributed by atoms with Gasteiger partial charge in [-0.2, -0.15) is 0 Å². The summed E-state index contributed by atoms with van der Waals surface area (Å²) >= 11 is 0. The van der Waals surface area contributed by atoms with Gasteiger partial charge in [-0.15, -0.1) is 0 Å². The maximum Gasteiger partial charge on any atom is -0.0277 e. The first-order chi connectivity index (χ1) is 6.38. The Morgan fingerprint density at radius 1 is 1.23 bits per heavy atom. The predicted molar refractivity (Wildman–Crippen MR) is 59.8 cm³/mol. The van der Waals surface area contributed by atoms with E-state index in [1.54, 1.807) is 11.1 Å². The molecule has 0 amide bonds. The van der Waals surface area contributed by atoms with Crippen LogP contribution in [0, 0.1) is 0 Å². The van der Waals surface area contributed by atoms with E-state index in [0.29, 0.717) is 0 Å². The van der Waals surface area contributed by atoms with Crippen molar-refractivity contribution < 1.29 is 0 Å². The Morgan fingerprint density at radius 2 is 2.00 bits per heavy atom. The van der Waals surface area contributed by atoms with Gasteiger partial charge in [0.1, 0.15) is 0 Å². The summed E-state index contributed by atoms with van der Waals surface area (Å²) in [5.41, 5.74) is 3.35. The topological polar surface area (TPSA) is 0 Å². The van der Waals surface area contributed by atoms with E-state index in [-0.39, 0.29) is 0 Å². The number of unbranched alkanes of at least 4 members (excludes halogenated alkanes) is 3. The molecule has 0 aromatic heterocycles. The second-order valence-corrected chi connectivity index (χ2v) is 3.94. The van der Waals surface area contributed by atoms with Crippen LogP contribution in [0.1, 0.15) is 58.8 Å². The van der Waals surface area contributed by atoms with Crippen molar-refractivity contribution in [2.45, 2.75) is 58.8 Å². The highest BCUT2D eigenvalue weighted by Gasteiger charge is 2.14. The SMILES string of the molecule is CC=CC(CCCCCC)=C1CC1. The van der Waals surface area contributed by atoms with E-state index < -0.39 is 0 Å². The molecule has 0 unspecified atom stereocenters. The fourth-order valence-corrected chi connectivity index (χ4v) is 1.70. The van der Waals surface area contributed by atoms with E-state index >= 15 is 0 Å². The molecule has 0 nitrogen and oxygen atoms in total. The molecule has 1 aliphatic rings. The minimum Gasteiger partial charge on any atom is -0.0874 e. The van der Waals surface area contributed by atoms with Crippen LogP contribution in [0.15, 0.2) is 23.3 Å². The molecule has 0 aromatic carbocycles. The predicted octanol–water partition coefficient (Wildman–Crippen LogP) is 4.62. The average molecular weight is 178 g/mol. The maximum absolute atomic E-state index is 2.31. The zero-order valence-corrected chi connectivity index (χ0v) is 9.10. The molecule has 0 spiro atoms. The Kier molecular flexibility index (Phi) is 4.88. The van der Waals surface area contributed by atoms with E-state index in [2.05, 4.69) is 26.0 Å². The van der Waals surface area contributed by atoms with Crippen LogP contribution in [0.4, 0.5) is 0 Å². The average Bonchev–Trinajstić information content (AvgIpc) is 2.93. The summed E-state index contributed by atoms with van der Waals surface area (Å²) in [6.45, 7) is 4.39. The molecule has 0 aliphatic heterocycles. The summed E-state index contributed by atoms with van der Waals surface area (Å²) in [5, 5.41) is 0. The standard InChI is InChI=1S/C13H22/c1-3-5-6-7-9-12(8-4-2)13-10-11-13/h4,8H,3,5-7,9-11H2,1-2H3. The lowest BCUT2D eigenvalue weighted by molar-refractivity contribution is 0.667. The second kappa shape index (κ2) is 6.01. The van der Waals surface area contributed by atoms with Gasteiger partial charge in [-0.05, 0) is 38.2 Å². The zero-order valence-electron chi connectivity index (χ0n) is 9.10. The van der Waals surface area contributed by atoms with Crippen molar-refractivity contribution >= 4 is 0 Å². The number of rotatable bonds is 6. The normalized spacial score (nSPS) is 15.4. The number of allylic oxidation sites excluding steroid dienone is 4. The molecule has 0 radical (unpaired) electrons. The molecule has 1 aliphatic carbocycles. The van der Waals surface area contributed by atoms with Crippen LogP contribution in [-0.2, 0) is 0 Å². The van der Waals surface area contributed by atoms with Crippen molar-refractivity contribution in [3.8, 4) is 0 Å². The largest absolute Gasteiger partial charge is 0.0874 e. The molecule has 0 saturated heterocycles.